The summed E-state index contributed by atoms with van der Waals surface area (Å²) in [5.41, 5.74) is 0. The van der Waals surface area contributed by atoms with Gasteiger partial charge in [0.2, 0.25) is 0 Å². The number of benzene rings is 3. The van der Waals surface area contributed by atoms with Crippen LogP contribution in [-0.2, 0) is 6.03 Å². The van der Waals surface area contributed by atoms with Crippen molar-refractivity contribution in [3.05, 3.63) is 91.0 Å². The van der Waals surface area contributed by atoms with Crippen molar-refractivity contribution < 1.29 is 6.03 Å². The van der Waals surface area contributed by atoms with Crippen molar-refractivity contribution in [3.8, 4) is 0 Å². The molecular formula is C20H16Cl3O2Sb. The van der Waals surface area contributed by atoms with Crippen LogP contribution in [0.2, 0.25) is 0 Å². The molecule has 0 atom stereocenters. The molecule has 4 rings (SSSR count). The summed E-state index contributed by atoms with van der Waals surface area (Å²) in [7, 11) is 0. The Morgan fingerprint density at radius 1 is 0.577 bits per heavy atom. The van der Waals surface area contributed by atoms with E-state index in [1.54, 1.807) is 0 Å². The molecule has 0 amide bonds. The third kappa shape index (κ3) is 2.71. The van der Waals surface area contributed by atoms with Crippen molar-refractivity contribution in [2.24, 2.45) is 0 Å². The topological polar surface area (TPSA) is 18.5 Å². The van der Waals surface area contributed by atoms with E-state index in [0.717, 1.165) is 10.5 Å². The first-order valence-electron chi connectivity index (χ1n) is 8.10. The summed E-state index contributed by atoms with van der Waals surface area (Å²) in [4.78, 5) is 0. The van der Waals surface area contributed by atoms with Crippen LogP contribution in [0, 0.1) is 0 Å². The van der Waals surface area contributed by atoms with Crippen molar-refractivity contribution >= 4 is 63.6 Å². The molecule has 0 radical (unpaired) electrons. The average Bonchev–Trinajstić information content (AvgIpc) is 2.63. The molecule has 6 heteroatoms. The number of hydrogen-bond acceptors (Lipinski definition) is 2. The van der Waals surface area contributed by atoms with Gasteiger partial charge in [-0.2, -0.15) is 0 Å². The van der Waals surface area contributed by atoms with Crippen LogP contribution < -0.4 is 10.5 Å². The first kappa shape index (κ1) is 18.6. The summed E-state index contributed by atoms with van der Waals surface area (Å²) in [6.07, 6.45) is -0.921. The first-order chi connectivity index (χ1) is 12.5. The van der Waals surface area contributed by atoms with Crippen LogP contribution >= 0.6 is 34.8 Å². The van der Waals surface area contributed by atoms with E-state index in [0.29, 0.717) is 0 Å². The third-order valence-corrected chi connectivity index (χ3v) is 19.0. The van der Waals surface area contributed by atoms with Gasteiger partial charge in [0.25, 0.3) is 0 Å². The van der Waals surface area contributed by atoms with Gasteiger partial charge in [-0.1, -0.05) is 0 Å². The predicted octanol–water partition coefficient (Wildman–Crippen LogP) is 3.85. The van der Waals surface area contributed by atoms with E-state index < -0.39 is 28.3 Å². The molecule has 1 aliphatic heterocycles. The maximum absolute atomic E-state index is 6.62. The van der Waals surface area contributed by atoms with Gasteiger partial charge in [0, 0.05) is 0 Å². The zero-order valence-electron chi connectivity index (χ0n) is 13.6. The van der Waals surface area contributed by atoms with E-state index >= 15 is 0 Å². The number of rotatable bonds is 3. The molecule has 0 spiro atoms. The second-order valence-corrected chi connectivity index (χ2v) is 19.5. The second-order valence-electron chi connectivity index (χ2n) is 6.05. The average molecular weight is 516 g/mol. The van der Waals surface area contributed by atoms with Crippen molar-refractivity contribution in [2.75, 3.05) is 0 Å². The van der Waals surface area contributed by atoms with E-state index in [9.17, 15) is 0 Å². The molecule has 0 saturated carbocycles. The molecule has 0 bridgehead atoms. The van der Waals surface area contributed by atoms with Gasteiger partial charge in [0.15, 0.2) is 0 Å². The Bertz CT molecular complexity index is 789. The fraction of sp³-hybridized carbons (Fsp3) is 0.100. The summed E-state index contributed by atoms with van der Waals surface area (Å²) in [5, 5.41) is 0. The molecule has 26 heavy (non-hydrogen) atoms. The Balaban J connectivity index is 2.04. The summed E-state index contributed by atoms with van der Waals surface area (Å²) in [5.74, 6) is 0. The molecule has 3 aromatic rings. The molecule has 1 fully saturated rings. The van der Waals surface area contributed by atoms with E-state index in [4.69, 9.17) is 40.8 Å². The quantitative estimate of drug-likeness (QED) is 0.389. The zero-order chi connectivity index (χ0) is 18.3. The van der Waals surface area contributed by atoms with Crippen LogP contribution in [0.15, 0.2) is 91.0 Å². The van der Waals surface area contributed by atoms with Gasteiger partial charge in [-0.25, -0.2) is 0 Å². The molecule has 134 valence electrons. The van der Waals surface area contributed by atoms with Crippen LogP contribution in [0.4, 0.5) is 0 Å². The van der Waals surface area contributed by atoms with Crippen molar-refractivity contribution in [1.29, 1.82) is 0 Å². The third-order valence-electron chi connectivity index (χ3n) is 4.54. The van der Waals surface area contributed by atoms with Gasteiger partial charge in [0.1, 0.15) is 0 Å². The van der Waals surface area contributed by atoms with Gasteiger partial charge in [0.05, 0.1) is 0 Å². The molecule has 0 aliphatic carbocycles. The Morgan fingerprint density at radius 2 is 0.885 bits per heavy atom. The summed E-state index contributed by atoms with van der Waals surface area (Å²) >= 11 is 13.6. The van der Waals surface area contributed by atoms with Crippen molar-refractivity contribution in [3.63, 3.8) is 0 Å². The van der Waals surface area contributed by atoms with Gasteiger partial charge >= 0.3 is 171 Å². The Morgan fingerprint density at radius 3 is 1.15 bits per heavy atom. The minimum absolute atomic E-state index is 0.921. The monoisotopic (exact) mass is 514 g/mol. The van der Waals surface area contributed by atoms with Crippen LogP contribution in [0.3, 0.4) is 0 Å². The Labute approximate surface area is 169 Å². The van der Waals surface area contributed by atoms with E-state index in [-0.39, 0.29) is 0 Å². The molecule has 2 nitrogen and oxygen atoms in total. The summed E-state index contributed by atoms with van der Waals surface area (Å²) in [6, 6.07) is 30.0. The SMILES string of the molecule is ClC(Cl)(Cl)C1[O][Sb]([c]2ccccc2)([c]2ccccc2)([c]2ccccc2)[O]1. The Kier molecular flexibility index (Phi) is 4.80. The standard InChI is InChI=1S/3C6H5.C2HCl3O2.Sb/c3*1-2-4-6-5-3-1;3-2(4,5)1(6)7;/h3*1-5H;1H;/q;;;-2;+2. The fourth-order valence-electron chi connectivity index (χ4n) is 3.40. The summed E-state index contributed by atoms with van der Waals surface area (Å²) in [6.45, 7) is 0. The van der Waals surface area contributed by atoms with Gasteiger partial charge < -0.3 is 0 Å². The summed E-state index contributed by atoms with van der Waals surface area (Å²) < 4.78 is 14.6. The molecular weight excluding hydrogens is 500 g/mol. The molecule has 3 aromatic carbocycles. The normalized spacial score (nSPS) is 22.6. The van der Waals surface area contributed by atoms with Gasteiger partial charge in [-0.15, -0.1) is 0 Å². The fourth-order valence-corrected chi connectivity index (χ4v) is 18.6. The van der Waals surface area contributed by atoms with Crippen LogP contribution in [0.5, 0.6) is 0 Å². The number of hydrogen-bond donors (Lipinski definition) is 0. The van der Waals surface area contributed by atoms with E-state index in [1.807, 2.05) is 91.0 Å². The van der Waals surface area contributed by atoms with Crippen LogP contribution in [-0.4, -0.2) is 28.3 Å². The Hall–Kier alpha value is -0.732. The predicted molar refractivity (Wildman–Crippen MR) is 110 cm³/mol. The minimum atomic E-state index is -4.71. The van der Waals surface area contributed by atoms with E-state index in [2.05, 4.69) is 0 Å². The zero-order valence-corrected chi connectivity index (χ0v) is 18.5. The van der Waals surface area contributed by atoms with Gasteiger partial charge in [-0.05, 0) is 0 Å². The van der Waals surface area contributed by atoms with Gasteiger partial charge in [-0.3, -0.25) is 0 Å². The molecule has 0 unspecified atom stereocenters. The van der Waals surface area contributed by atoms with E-state index in [1.165, 1.54) is 0 Å². The molecule has 1 aliphatic rings. The number of alkyl halides is 3. The van der Waals surface area contributed by atoms with Crippen LogP contribution in [0.1, 0.15) is 0 Å². The molecule has 0 aromatic heterocycles. The first-order valence-corrected chi connectivity index (χ1v) is 15.1. The van der Waals surface area contributed by atoms with Crippen molar-refractivity contribution in [1.82, 2.24) is 0 Å². The maximum atomic E-state index is 6.62. The van der Waals surface area contributed by atoms with Crippen LogP contribution in [0.25, 0.3) is 0 Å². The number of halogens is 3. The molecule has 1 saturated heterocycles. The molecule has 0 N–H and O–H groups in total. The molecule has 1 heterocycles. The second kappa shape index (κ2) is 6.70. The van der Waals surface area contributed by atoms with Crippen molar-refractivity contribution in [2.45, 2.75) is 10.1 Å².